The topological polar surface area (TPSA) is 0 Å². The second-order valence-corrected chi connectivity index (χ2v) is 2.31. The Morgan fingerprint density at radius 1 is 0.778 bits per heavy atom. The molecule has 0 fully saturated rings. The van der Waals surface area contributed by atoms with Crippen LogP contribution in [-0.2, 0) is 0 Å². The zero-order valence-electron chi connectivity index (χ0n) is 5.07. The van der Waals surface area contributed by atoms with Crippen LogP contribution in [0.25, 0.3) is 0 Å². The van der Waals surface area contributed by atoms with Crippen LogP contribution in [0.4, 0.5) is 0 Å². The van der Waals surface area contributed by atoms with Crippen LogP contribution in [-0.4, -0.2) is 0 Å². The molecule has 42 valence electrons. The Labute approximate surface area is 86.5 Å². The second kappa shape index (κ2) is 4.59. The largest absolute Gasteiger partial charge is 1.00 e. The first-order valence-corrected chi connectivity index (χ1v) is 2.96. The van der Waals surface area contributed by atoms with Gasteiger partial charge in [0, 0.05) is 10.0 Å². The third-order valence-corrected chi connectivity index (χ3v) is 1.31. The Hall–Kier alpha value is 0.800. The first kappa shape index (κ1) is 9.80. The number of hydrogen-bond acceptors (Lipinski definition) is 0. The van der Waals surface area contributed by atoms with Gasteiger partial charge in [-0.1, -0.05) is 23.2 Å². The van der Waals surface area contributed by atoms with Gasteiger partial charge < -0.3 is 0 Å². The van der Waals surface area contributed by atoms with Crippen molar-refractivity contribution in [2.45, 2.75) is 0 Å². The van der Waals surface area contributed by atoms with Gasteiger partial charge in [-0.3, -0.25) is 0 Å². The summed E-state index contributed by atoms with van der Waals surface area (Å²) in [6.07, 6.45) is 0. The van der Waals surface area contributed by atoms with E-state index < -0.39 is 0 Å². The molecule has 0 aliphatic carbocycles. The Balaban J connectivity index is 0.000000640. The SMILES string of the molecule is Clc1ccc(Cl)cc1.[Na+]. The van der Waals surface area contributed by atoms with Gasteiger partial charge in [0.2, 0.25) is 0 Å². The molecule has 0 aromatic heterocycles. The van der Waals surface area contributed by atoms with Crippen molar-refractivity contribution in [2.75, 3.05) is 0 Å². The molecule has 0 amide bonds. The van der Waals surface area contributed by atoms with Gasteiger partial charge in [0.1, 0.15) is 0 Å². The van der Waals surface area contributed by atoms with Crippen molar-refractivity contribution >= 4 is 23.2 Å². The Bertz CT molecular complexity index is 150. The van der Waals surface area contributed by atoms with Crippen molar-refractivity contribution in [3.63, 3.8) is 0 Å². The number of rotatable bonds is 0. The van der Waals surface area contributed by atoms with Gasteiger partial charge in [-0.05, 0) is 24.3 Å². The molecule has 0 saturated carbocycles. The van der Waals surface area contributed by atoms with Crippen LogP contribution < -0.4 is 29.6 Å². The second-order valence-electron chi connectivity index (χ2n) is 1.44. The Morgan fingerprint density at radius 2 is 1.00 bits per heavy atom. The van der Waals surface area contributed by atoms with Crippen LogP contribution in [0.3, 0.4) is 0 Å². The number of hydrogen-bond donors (Lipinski definition) is 0. The van der Waals surface area contributed by atoms with Crippen molar-refractivity contribution in [1.29, 1.82) is 0 Å². The fourth-order valence-electron chi connectivity index (χ4n) is 0.430. The molecule has 0 unspecified atom stereocenters. The van der Waals surface area contributed by atoms with Gasteiger partial charge in [-0.25, -0.2) is 0 Å². The maximum absolute atomic E-state index is 5.55. The van der Waals surface area contributed by atoms with E-state index in [1.807, 2.05) is 0 Å². The van der Waals surface area contributed by atoms with Crippen molar-refractivity contribution in [2.24, 2.45) is 0 Å². The molecule has 9 heavy (non-hydrogen) atoms. The zero-order valence-corrected chi connectivity index (χ0v) is 8.58. The van der Waals surface area contributed by atoms with E-state index in [9.17, 15) is 0 Å². The van der Waals surface area contributed by atoms with Gasteiger partial charge in [0.05, 0.1) is 0 Å². The van der Waals surface area contributed by atoms with Crippen molar-refractivity contribution < 1.29 is 29.6 Å². The Kier molecular flexibility index (Phi) is 5.00. The average Bonchev–Trinajstić information content (AvgIpc) is 1.77. The van der Waals surface area contributed by atoms with Gasteiger partial charge >= 0.3 is 29.6 Å². The molecule has 0 spiro atoms. The van der Waals surface area contributed by atoms with Crippen LogP contribution in [0.15, 0.2) is 24.3 Å². The minimum Gasteiger partial charge on any atom is -0.0843 e. The summed E-state index contributed by atoms with van der Waals surface area (Å²) in [5.74, 6) is 0. The molecule has 1 aromatic carbocycles. The van der Waals surface area contributed by atoms with Crippen LogP contribution in [0.5, 0.6) is 0 Å². The molecule has 1 aromatic rings. The fourth-order valence-corrected chi connectivity index (χ4v) is 0.682. The predicted octanol–water partition coefficient (Wildman–Crippen LogP) is -0.00260. The molecule has 0 bridgehead atoms. The predicted molar refractivity (Wildman–Crippen MR) is 36.5 cm³/mol. The van der Waals surface area contributed by atoms with E-state index in [4.69, 9.17) is 23.2 Å². The first-order valence-electron chi connectivity index (χ1n) is 2.20. The van der Waals surface area contributed by atoms with E-state index in [2.05, 4.69) is 0 Å². The summed E-state index contributed by atoms with van der Waals surface area (Å²) in [6.45, 7) is 0. The van der Waals surface area contributed by atoms with E-state index in [1.165, 1.54) is 0 Å². The summed E-state index contributed by atoms with van der Waals surface area (Å²) in [5, 5.41) is 1.43. The average molecular weight is 170 g/mol. The van der Waals surface area contributed by atoms with Crippen molar-refractivity contribution in [3.05, 3.63) is 34.3 Å². The van der Waals surface area contributed by atoms with Crippen LogP contribution in [0, 0.1) is 0 Å². The summed E-state index contributed by atoms with van der Waals surface area (Å²) in [7, 11) is 0. The summed E-state index contributed by atoms with van der Waals surface area (Å²) in [4.78, 5) is 0. The standard InChI is InChI=1S/C6H4Cl2.Na/c7-5-1-2-6(8)4-3-5;/h1-4H;/q;+1. The van der Waals surface area contributed by atoms with E-state index in [0.717, 1.165) is 10.0 Å². The quantitative estimate of drug-likeness (QED) is 0.480. The molecular weight excluding hydrogens is 166 g/mol. The normalized spacial score (nSPS) is 8.22. The van der Waals surface area contributed by atoms with Gasteiger partial charge in [0.25, 0.3) is 0 Å². The maximum Gasteiger partial charge on any atom is 1.00 e. The van der Waals surface area contributed by atoms with E-state index in [1.54, 1.807) is 24.3 Å². The van der Waals surface area contributed by atoms with Crippen molar-refractivity contribution in [3.8, 4) is 0 Å². The van der Waals surface area contributed by atoms with Gasteiger partial charge in [-0.15, -0.1) is 0 Å². The van der Waals surface area contributed by atoms with Crippen LogP contribution in [0.2, 0.25) is 10.0 Å². The summed E-state index contributed by atoms with van der Waals surface area (Å²) in [6, 6.07) is 7.02. The molecule has 0 atom stereocenters. The summed E-state index contributed by atoms with van der Waals surface area (Å²) in [5.41, 5.74) is 0. The fraction of sp³-hybridized carbons (Fsp3) is 0. The first-order chi connectivity index (χ1) is 3.79. The third-order valence-electron chi connectivity index (χ3n) is 0.804. The molecular formula is C6H4Cl2Na+. The molecule has 0 nitrogen and oxygen atoms in total. The van der Waals surface area contributed by atoms with E-state index in [-0.39, 0.29) is 29.6 Å². The zero-order chi connectivity index (χ0) is 5.98. The smallest absolute Gasteiger partial charge is 0.0843 e. The van der Waals surface area contributed by atoms with E-state index >= 15 is 0 Å². The minimum atomic E-state index is 0. The molecule has 0 aliphatic rings. The molecule has 0 radical (unpaired) electrons. The van der Waals surface area contributed by atoms with E-state index in [0.29, 0.717) is 0 Å². The monoisotopic (exact) mass is 169 g/mol. The summed E-state index contributed by atoms with van der Waals surface area (Å²) >= 11 is 11.1. The number of halogens is 2. The van der Waals surface area contributed by atoms with Crippen LogP contribution in [0.1, 0.15) is 0 Å². The summed E-state index contributed by atoms with van der Waals surface area (Å²) < 4.78 is 0. The molecule has 0 N–H and O–H groups in total. The maximum atomic E-state index is 5.55. The molecule has 1 rings (SSSR count). The molecule has 0 heterocycles. The van der Waals surface area contributed by atoms with Gasteiger partial charge in [-0.2, -0.15) is 0 Å². The number of benzene rings is 1. The molecule has 0 aliphatic heterocycles. The third kappa shape index (κ3) is 3.49. The minimum absolute atomic E-state index is 0. The Morgan fingerprint density at radius 3 is 1.22 bits per heavy atom. The molecule has 3 heteroatoms. The van der Waals surface area contributed by atoms with Crippen LogP contribution >= 0.6 is 23.2 Å². The van der Waals surface area contributed by atoms with Gasteiger partial charge in [0.15, 0.2) is 0 Å². The molecule has 0 saturated heterocycles. The van der Waals surface area contributed by atoms with Crippen molar-refractivity contribution in [1.82, 2.24) is 0 Å².